The molecule has 1 aliphatic heterocycles. The van der Waals surface area contributed by atoms with E-state index in [1.54, 1.807) is 23.7 Å². The van der Waals surface area contributed by atoms with Gasteiger partial charge in [0.05, 0.1) is 5.60 Å². The molecule has 1 heterocycles. The minimum Gasteiger partial charge on any atom is -0.388 e. The number of hydrogen-bond acceptors (Lipinski definition) is 4. The molecule has 116 valence electrons. The van der Waals surface area contributed by atoms with Crippen molar-refractivity contribution in [1.29, 1.82) is 0 Å². The van der Waals surface area contributed by atoms with Crippen LogP contribution in [0, 0.1) is 0 Å². The number of hydrogen-bond donors (Lipinski definition) is 1. The smallest absolute Gasteiger partial charge is 0.253 e. The maximum atomic E-state index is 12.4. The van der Waals surface area contributed by atoms with E-state index in [1.807, 2.05) is 24.3 Å². The molecule has 0 aliphatic carbocycles. The number of aliphatic hydroxyl groups is 1. The predicted octanol–water partition coefficient (Wildman–Crippen LogP) is 2.16. The molecule has 1 aromatic carbocycles. The highest BCUT2D eigenvalue weighted by molar-refractivity contribution is 7.97. The topological polar surface area (TPSA) is 49.8 Å². The number of amides is 1. The molecule has 0 saturated carbocycles. The Morgan fingerprint density at radius 3 is 2.52 bits per heavy atom. The monoisotopic (exact) mass is 309 g/mol. The van der Waals surface area contributed by atoms with Crippen molar-refractivity contribution >= 4 is 17.7 Å². The van der Waals surface area contributed by atoms with E-state index in [4.69, 9.17) is 4.74 Å². The van der Waals surface area contributed by atoms with Crippen LogP contribution in [0.1, 0.15) is 28.8 Å². The SMILES string of the molecule is CSCc1ccc(C(=O)N(C)CC2(O)CCOCC2)cc1. The van der Waals surface area contributed by atoms with Gasteiger partial charge in [-0.25, -0.2) is 0 Å². The zero-order chi connectivity index (χ0) is 15.3. The standard InChI is InChI=1S/C16H23NO3S/c1-17(12-16(19)7-9-20-10-8-16)15(18)14-5-3-13(4-6-14)11-21-2/h3-6,19H,7-12H2,1-2H3. The second-order valence-corrected chi connectivity index (χ2v) is 6.49. The van der Waals surface area contributed by atoms with Crippen LogP contribution in [0.15, 0.2) is 24.3 Å². The van der Waals surface area contributed by atoms with E-state index in [9.17, 15) is 9.90 Å². The molecule has 1 N–H and O–H groups in total. The molecule has 0 atom stereocenters. The van der Waals surface area contributed by atoms with Crippen LogP contribution in [0.25, 0.3) is 0 Å². The van der Waals surface area contributed by atoms with Crippen LogP contribution in [0.5, 0.6) is 0 Å². The number of carbonyl (C=O) groups excluding carboxylic acids is 1. The number of ether oxygens (including phenoxy) is 1. The summed E-state index contributed by atoms with van der Waals surface area (Å²) in [6.07, 6.45) is 3.22. The minimum absolute atomic E-state index is 0.0504. The van der Waals surface area contributed by atoms with E-state index in [1.165, 1.54) is 5.56 Å². The first kappa shape index (κ1) is 16.3. The van der Waals surface area contributed by atoms with Crippen molar-refractivity contribution in [2.24, 2.45) is 0 Å². The Morgan fingerprint density at radius 1 is 1.33 bits per heavy atom. The van der Waals surface area contributed by atoms with E-state index in [-0.39, 0.29) is 5.91 Å². The van der Waals surface area contributed by atoms with Gasteiger partial charge in [0, 0.05) is 51.0 Å². The summed E-state index contributed by atoms with van der Waals surface area (Å²) in [4.78, 5) is 14.0. The highest BCUT2D eigenvalue weighted by atomic mass is 32.2. The summed E-state index contributed by atoms with van der Waals surface area (Å²) in [5.41, 5.74) is 1.06. The van der Waals surface area contributed by atoms with E-state index < -0.39 is 5.60 Å². The lowest BCUT2D eigenvalue weighted by molar-refractivity contribution is -0.0734. The maximum Gasteiger partial charge on any atom is 0.253 e. The predicted molar refractivity (Wildman–Crippen MR) is 85.6 cm³/mol. The van der Waals surface area contributed by atoms with E-state index in [0.717, 1.165) is 5.75 Å². The summed E-state index contributed by atoms with van der Waals surface area (Å²) < 4.78 is 5.26. The first-order valence-corrected chi connectivity index (χ1v) is 8.57. The zero-order valence-corrected chi connectivity index (χ0v) is 13.5. The molecular formula is C16H23NO3S. The summed E-state index contributed by atoms with van der Waals surface area (Å²) in [5, 5.41) is 10.5. The van der Waals surface area contributed by atoms with Gasteiger partial charge in [-0.05, 0) is 24.0 Å². The van der Waals surface area contributed by atoms with Gasteiger partial charge in [0.25, 0.3) is 5.91 Å². The molecule has 1 saturated heterocycles. The molecule has 1 aromatic rings. The second-order valence-electron chi connectivity index (χ2n) is 5.63. The van der Waals surface area contributed by atoms with Gasteiger partial charge in [-0.15, -0.1) is 0 Å². The molecule has 21 heavy (non-hydrogen) atoms. The molecular weight excluding hydrogens is 286 g/mol. The van der Waals surface area contributed by atoms with Crippen LogP contribution in [0.4, 0.5) is 0 Å². The molecule has 0 unspecified atom stereocenters. The van der Waals surface area contributed by atoms with Gasteiger partial charge in [0.2, 0.25) is 0 Å². The highest BCUT2D eigenvalue weighted by Crippen LogP contribution is 2.22. The molecule has 0 radical (unpaired) electrons. The van der Waals surface area contributed by atoms with Gasteiger partial charge in [0.15, 0.2) is 0 Å². The Kier molecular flexibility index (Phi) is 5.67. The van der Waals surface area contributed by atoms with Crippen LogP contribution < -0.4 is 0 Å². The van der Waals surface area contributed by atoms with Crippen LogP contribution >= 0.6 is 11.8 Å². The minimum atomic E-state index is -0.818. The van der Waals surface area contributed by atoms with Crippen molar-refractivity contribution in [3.8, 4) is 0 Å². The van der Waals surface area contributed by atoms with Crippen LogP contribution in [0.2, 0.25) is 0 Å². The van der Waals surface area contributed by atoms with Crippen molar-refractivity contribution in [1.82, 2.24) is 4.90 Å². The van der Waals surface area contributed by atoms with Crippen molar-refractivity contribution in [2.75, 3.05) is 33.1 Å². The first-order chi connectivity index (χ1) is 10.0. The first-order valence-electron chi connectivity index (χ1n) is 7.17. The molecule has 5 heteroatoms. The van der Waals surface area contributed by atoms with E-state index in [0.29, 0.717) is 38.2 Å². The normalized spacial score (nSPS) is 17.5. The lowest BCUT2D eigenvalue weighted by Crippen LogP contribution is -2.47. The van der Waals surface area contributed by atoms with Gasteiger partial charge < -0.3 is 14.7 Å². The molecule has 1 aliphatic rings. The highest BCUT2D eigenvalue weighted by Gasteiger charge is 2.32. The fourth-order valence-corrected chi connectivity index (χ4v) is 3.08. The summed E-state index contributed by atoms with van der Waals surface area (Å²) in [5.74, 6) is 0.898. The van der Waals surface area contributed by atoms with Crippen LogP contribution in [-0.4, -0.2) is 54.6 Å². The van der Waals surface area contributed by atoms with Crippen molar-refractivity contribution in [3.63, 3.8) is 0 Å². The lowest BCUT2D eigenvalue weighted by atomic mass is 9.93. The number of nitrogens with zero attached hydrogens (tertiary/aromatic N) is 1. The van der Waals surface area contributed by atoms with Gasteiger partial charge in [-0.3, -0.25) is 4.79 Å². The quantitative estimate of drug-likeness (QED) is 0.905. The van der Waals surface area contributed by atoms with Crippen molar-refractivity contribution in [3.05, 3.63) is 35.4 Å². The Bertz CT molecular complexity index is 469. The third kappa shape index (κ3) is 4.46. The molecule has 1 amide bonds. The Morgan fingerprint density at radius 2 is 1.95 bits per heavy atom. The number of carbonyl (C=O) groups is 1. The third-order valence-electron chi connectivity index (χ3n) is 3.81. The number of likely N-dealkylation sites (N-methyl/N-ethyl adjacent to an activating group) is 1. The summed E-state index contributed by atoms with van der Waals surface area (Å²) in [6.45, 7) is 1.46. The lowest BCUT2D eigenvalue weighted by Gasteiger charge is -2.35. The molecule has 0 bridgehead atoms. The number of rotatable bonds is 5. The summed E-state index contributed by atoms with van der Waals surface area (Å²) in [6, 6.07) is 7.69. The maximum absolute atomic E-state index is 12.4. The Labute approximate surface area is 130 Å². The summed E-state index contributed by atoms with van der Waals surface area (Å²) >= 11 is 1.76. The largest absolute Gasteiger partial charge is 0.388 e. The molecule has 1 fully saturated rings. The second kappa shape index (κ2) is 7.29. The van der Waals surface area contributed by atoms with Crippen molar-refractivity contribution in [2.45, 2.75) is 24.2 Å². The molecule has 4 nitrogen and oxygen atoms in total. The molecule has 2 rings (SSSR count). The van der Waals surface area contributed by atoms with E-state index >= 15 is 0 Å². The van der Waals surface area contributed by atoms with Gasteiger partial charge in [0.1, 0.15) is 0 Å². The zero-order valence-electron chi connectivity index (χ0n) is 12.7. The van der Waals surface area contributed by atoms with Gasteiger partial charge in [-0.1, -0.05) is 12.1 Å². The Hall–Kier alpha value is -1.04. The third-order valence-corrected chi connectivity index (χ3v) is 4.44. The van der Waals surface area contributed by atoms with Crippen molar-refractivity contribution < 1.29 is 14.6 Å². The average Bonchev–Trinajstić information content (AvgIpc) is 2.48. The number of thioether (sulfide) groups is 1. The molecule has 0 spiro atoms. The number of benzene rings is 1. The van der Waals surface area contributed by atoms with Crippen LogP contribution in [0.3, 0.4) is 0 Å². The van der Waals surface area contributed by atoms with Crippen LogP contribution in [-0.2, 0) is 10.5 Å². The Balaban J connectivity index is 1.98. The van der Waals surface area contributed by atoms with E-state index in [2.05, 4.69) is 6.26 Å². The fraction of sp³-hybridized carbons (Fsp3) is 0.562. The van der Waals surface area contributed by atoms with Gasteiger partial charge >= 0.3 is 0 Å². The molecule has 0 aromatic heterocycles. The average molecular weight is 309 g/mol. The summed E-state index contributed by atoms with van der Waals surface area (Å²) in [7, 11) is 1.74. The fourth-order valence-electron chi connectivity index (χ4n) is 2.55. The van der Waals surface area contributed by atoms with Gasteiger partial charge in [-0.2, -0.15) is 11.8 Å².